The fourth-order valence-corrected chi connectivity index (χ4v) is 1.03. The quantitative estimate of drug-likeness (QED) is 0.280. The molecular formula is C8H9N2NaO4. The van der Waals surface area contributed by atoms with Crippen molar-refractivity contribution in [1.82, 2.24) is 10.6 Å². The summed E-state index contributed by atoms with van der Waals surface area (Å²) in [6.07, 6.45) is 1.34. The zero-order valence-corrected chi connectivity index (χ0v) is 10.3. The number of aliphatic carboxylic acids is 1. The summed E-state index contributed by atoms with van der Waals surface area (Å²) in [5, 5.41) is 14.8. The maximum absolute atomic E-state index is 11.1. The zero-order valence-electron chi connectivity index (χ0n) is 8.33. The number of carbonyl (C=O) groups excluding carboxylic acids is 3. The fourth-order valence-electron chi connectivity index (χ4n) is 1.03. The monoisotopic (exact) mass is 220 g/mol. The molecule has 2 N–H and O–H groups in total. The molecule has 0 spiro atoms. The van der Waals surface area contributed by atoms with Crippen molar-refractivity contribution in [2.45, 2.75) is 6.42 Å². The summed E-state index contributed by atoms with van der Waals surface area (Å²) in [5.74, 6) is -2.07. The minimum absolute atomic E-state index is 0. The third-order valence-corrected chi connectivity index (χ3v) is 1.68. The summed E-state index contributed by atoms with van der Waals surface area (Å²) in [7, 11) is 0. The standard InChI is InChI=1S/C8H10N2O4.Na/c11-6-1-2-10-8(14)5(6)3-9-4-7(12)13;/h3,9H,1-2,4H2,(H,10,14)(H,12,13);/q;+1/p-1. The number of hydrogen-bond acceptors (Lipinski definition) is 5. The van der Waals surface area contributed by atoms with E-state index in [1.807, 2.05) is 0 Å². The number of nitrogens with one attached hydrogen (secondary N) is 2. The number of ketones is 1. The van der Waals surface area contributed by atoms with Gasteiger partial charge >= 0.3 is 29.6 Å². The van der Waals surface area contributed by atoms with Crippen molar-refractivity contribution >= 4 is 17.7 Å². The molecule has 0 bridgehead atoms. The topological polar surface area (TPSA) is 98.3 Å². The Morgan fingerprint density at radius 1 is 1.53 bits per heavy atom. The molecular weight excluding hydrogens is 211 g/mol. The molecule has 7 heteroatoms. The molecule has 1 aliphatic rings. The average Bonchev–Trinajstić information content (AvgIpc) is 2.09. The second kappa shape index (κ2) is 6.60. The Morgan fingerprint density at radius 3 is 2.73 bits per heavy atom. The first-order valence-corrected chi connectivity index (χ1v) is 4.06. The van der Waals surface area contributed by atoms with E-state index < -0.39 is 18.4 Å². The van der Waals surface area contributed by atoms with Crippen LogP contribution in [0.2, 0.25) is 0 Å². The normalized spacial score (nSPS) is 18.0. The molecule has 0 aliphatic carbocycles. The average molecular weight is 220 g/mol. The van der Waals surface area contributed by atoms with E-state index in [0.29, 0.717) is 6.54 Å². The van der Waals surface area contributed by atoms with Crippen molar-refractivity contribution in [1.29, 1.82) is 0 Å². The summed E-state index contributed by atoms with van der Waals surface area (Å²) in [6, 6.07) is 0. The van der Waals surface area contributed by atoms with E-state index in [2.05, 4.69) is 10.6 Å². The van der Waals surface area contributed by atoms with E-state index >= 15 is 0 Å². The molecule has 0 saturated carbocycles. The largest absolute Gasteiger partial charge is 1.00 e. The van der Waals surface area contributed by atoms with Gasteiger partial charge < -0.3 is 20.5 Å². The fraction of sp³-hybridized carbons (Fsp3) is 0.375. The van der Waals surface area contributed by atoms with E-state index in [1.54, 1.807) is 0 Å². The predicted octanol–water partition coefficient (Wildman–Crippen LogP) is -5.70. The molecule has 6 nitrogen and oxygen atoms in total. The molecule has 1 aliphatic heterocycles. The van der Waals surface area contributed by atoms with Gasteiger partial charge in [-0.05, 0) is 0 Å². The van der Waals surface area contributed by atoms with Crippen LogP contribution in [0.1, 0.15) is 6.42 Å². The molecule has 0 aromatic heterocycles. The predicted molar refractivity (Wildman–Crippen MR) is 43.7 cm³/mol. The van der Waals surface area contributed by atoms with E-state index in [4.69, 9.17) is 0 Å². The Kier molecular flexibility index (Phi) is 6.23. The van der Waals surface area contributed by atoms with Crippen molar-refractivity contribution in [3.05, 3.63) is 11.8 Å². The van der Waals surface area contributed by atoms with Crippen LogP contribution < -0.4 is 45.3 Å². The minimum atomic E-state index is -1.30. The Balaban J connectivity index is 0.00000196. The SMILES string of the molecule is O=C([O-])CNC=C1C(=O)CCNC1=O.[Na+]. The number of rotatable bonds is 3. The first-order chi connectivity index (χ1) is 6.61. The van der Waals surface area contributed by atoms with Gasteiger partial charge in [0, 0.05) is 19.2 Å². The molecule has 1 fully saturated rings. The van der Waals surface area contributed by atoms with Crippen molar-refractivity contribution in [3.8, 4) is 0 Å². The minimum Gasteiger partial charge on any atom is -0.548 e. The van der Waals surface area contributed by atoms with Gasteiger partial charge in [-0.1, -0.05) is 0 Å². The van der Waals surface area contributed by atoms with Crippen LogP contribution in [0, 0.1) is 0 Å². The number of piperidine rings is 1. The van der Waals surface area contributed by atoms with Gasteiger partial charge in [-0.2, -0.15) is 0 Å². The Morgan fingerprint density at radius 2 is 2.20 bits per heavy atom. The van der Waals surface area contributed by atoms with Crippen molar-refractivity contribution in [2.24, 2.45) is 0 Å². The molecule has 1 amide bonds. The third-order valence-electron chi connectivity index (χ3n) is 1.68. The zero-order chi connectivity index (χ0) is 10.6. The number of amides is 1. The van der Waals surface area contributed by atoms with Crippen LogP contribution in [-0.2, 0) is 14.4 Å². The number of Topliss-reactive ketones (excluding diaryl/α,β-unsaturated/α-hetero) is 1. The molecule has 0 unspecified atom stereocenters. The van der Waals surface area contributed by atoms with Crippen LogP contribution in [0.5, 0.6) is 0 Å². The third kappa shape index (κ3) is 4.46. The molecule has 0 radical (unpaired) electrons. The van der Waals surface area contributed by atoms with Gasteiger partial charge in [0.2, 0.25) is 0 Å². The Hall–Kier alpha value is -0.850. The van der Waals surface area contributed by atoms with Gasteiger partial charge in [0.25, 0.3) is 5.91 Å². The molecule has 0 atom stereocenters. The van der Waals surface area contributed by atoms with E-state index in [1.165, 1.54) is 0 Å². The van der Waals surface area contributed by atoms with Crippen LogP contribution in [0.25, 0.3) is 0 Å². The Bertz CT molecular complexity index is 296. The van der Waals surface area contributed by atoms with E-state index in [-0.39, 0.29) is 47.3 Å². The summed E-state index contributed by atoms with van der Waals surface area (Å²) >= 11 is 0. The number of carbonyl (C=O) groups is 3. The van der Waals surface area contributed by atoms with Gasteiger partial charge in [0.1, 0.15) is 0 Å². The van der Waals surface area contributed by atoms with Gasteiger partial charge in [0.15, 0.2) is 5.78 Å². The summed E-state index contributed by atoms with van der Waals surface area (Å²) in [4.78, 5) is 32.2. The molecule has 1 saturated heterocycles. The van der Waals surface area contributed by atoms with Crippen molar-refractivity contribution < 1.29 is 49.0 Å². The molecule has 1 rings (SSSR count). The van der Waals surface area contributed by atoms with Gasteiger partial charge in [-0.3, -0.25) is 9.59 Å². The second-order valence-electron chi connectivity index (χ2n) is 2.74. The molecule has 15 heavy (non-hydrogen) atoms. The Labute approximate surface area is 108 Å². The van der Waals surface area contributed by atoms with Crippen LogP contribution in [-0.4, -0.2) is 30.7 Å². The van der Waals surface area contributed by atoms with Crippen LogP contribution >= 0.6 is 0 Å². The van der Waals surface area contributed by atoms with Gasteiger partial charge in [0.05, 0.1) is 18.1 Å². The van der Waals surface area contributed by atoms with Gasteiger partial charge in [-0.15, -0.1) is 0 Å². The van der Waals surface area contributed by atoms with E-state index in [0.717, 1.165) is 6.20 Å². The maximum atomic E-state index is 11.1. The molecule has 0 aromatic rings. The van der Waals surface area contributed by atoms with Crippen molar-refractivity contribution in [2.75, 3.05) is 13.1 Å². The summed E-state index contributed by atoms with van der Waals surface area (Å²) in [6.45, 7) is -0.0977. The molecule has 1 heterocycles. The number of carboxylic acids is 1. The van der Waals surface area contributed by atoms with Crippen molar-refractivity contribution in [3.63, 3.8) is 0 Å². The van der Waals surface area contributed by atoms with E-state index in [9.17, 15) is 19.5 Å². The smallest absolute Gasteiger partial charge is 0.548 e. The van der Waals surface area contributed by atoms with Crippen LogP contribution in [0.15, 0.2) is 11.8 Å². The van der Waals surface area contributed by atoms with Gasteiger partial charge in [-0.25, -0.2) is 0 Å². The second-order valence-corrected chi connectivity index (χ2v) is 2.74. The number of carboxylic acid groups (broad SMARTS) is 1. The maximum Gasteiger partial charge on any atom is 1.00 e. The first kappa shape index (κ1) is 14.2. The summed E-state index contributed by atoms with van der Waals surface area (Å²) in [5.41, 5.74) is -0.0440. The molecule has 76 valence electrons. The van der Waals surface area contributed by atoms with Crippen LogP contribution in [0.4, 0.5) is 0 Å². The first-order valence-electron chi connectivity index (χ1n) is 4.06. The van der Waals surface area contributed by atoms with Crippen LogP contribution in [0.3, 0.4) is 0 Å². The molecule has 0 aromatic carbocycles. The summed E-state index contributed by atoms with van der Waals surface area (Å²) < 4.78 is 0. The number of hydrogen-bond donors (Lipinski definition) is 2.